The van der Waals surface area contributed by atoms with Crippen LogP contribution < -0.4 is 10.3 Å². The molecule has 0 amide bonds. The Morgan fingerprint density at radius 1 is 1.59 bits per heavy atom. The Hall–Kier alpha value is -2.04. The molecule has 2 rings (SSSR count). The van der Waals surface area contributed by atoms with Gasteiger partial charge in [0.15, 0.2) is 5.16 Å². The Bertz CT molecular complexity index is 811. The van der Waals surface area contributed by atoms with Gasteiger partial charge in [-0.1, -0.05) is 40.3 Å². The summed E-state index contributed by atoms with van der Waals surface area (Å²) < 4.78 is 6.40. The Labute approximate surface area is 140 Å². The van der Waals surface area contributed by atoms with E-state index in [1.807, 2.05) is 12.1 Å². The second-order valence-corrected chi connectivity index (χ2v) is 5.86. The molecule has 0 bridgehead atoms. The quantitative estimate of drug-likeness (QED) is 0.490. The third kappa shape index (κ3) is 3.40. The molecule has 5 nitrogen and oxygen atoms in total. The monoisotopic (exact) mass is 377 g/mol. The Morgan fingerprint density at radius 3 is 3.00 bits per heavy atom. The highest BCUT2D eigenvalue weighted by Gasteiger charge is 2.17. The molecule has 0 saturated carbocycles. The van der Waals surface area contributed by atoms with E-state index in [0.717, 1.165) is 4.47 Å². The van der Waals surface area contributed by atoms with Crippen molar-refractivity contribution >= 4 is 27.7 Å². The number of aromatic nitrogens is 2. The number of nitriles is 1. The zero-order valence-corrected chi connectivity index (χ0v) is 14.1. The van der Waals surface area contributed by atoms with Crippen LogP contribution >= 0.6 is 27.7 Å². The van der Waals surface area contributed by atoms with Crippen molar-refractivity contribution in [3.05, 3.63) is 51.2 Å². The van der Waals surface area contributed by atoms with E-state index in [2.05, 4.69) is 32.5 Å². The van der Waals surface area contributed by atoms with Gasteiger partial charge in [-0.2, -0.15) is 5.26 Å². The number of rotatable bonds is 5. The normalized spacial score (nSPS) is 10.0. The summed E-state index contributed by atoms with van der Waals surface area (Å²) in [6, 6.07) is 7.25. The van der Waals surface area contributed by atoms with Crippen molar-refractivity contribution in [2.45, 2.75) is 5.16 Å². The first-order valence-electron chi connectivity index (χ1n) is 6.22. The van der Waals surface area contributed by atoms with Crippen LogP contribution in [0.2, 0.25) is 0 Å². The molecule has 0 aliphatic carbocycles. The molecule has 0 saturated heterocycles. The van der Waals surface area contributed by atoms with Crippen LogP contribution in [0.4, 0.5) is 0 Å². The van der Waals surface area contributed by atoms with Gasteiger partial charge in [-0.15, -0.1) is 0 Å². The van der Waals surface area contributed by atoms with Crippen molar-refractivity contribution in [1.29, 1.82) is 5.26 Å². The van der Waals surface area contributed by atoms with E-state index in [-0.39, 0.29) is 5.56 Å². The summed E-state index contributed by atoms with van der Waals surface area (Å²) in [5.74, 6) is 0.532. The van der Waals surface area contributed by atoms with Gasteiger partial charge in [-0.25, -0.2) is 4.98 Å². The lowest BCUT2D eigenvalue weighted by molar-refractivity contribution is 0.364. The molecule has 1 heterocycles. The van der Waals surface area contributed by atoms with Gasteiger partial charge in [0.1, 0.15) is 29.7 Å². The largest absolute Gasteiger partial charge is 0.489 e. The highest BCUT2D eigenvalue weighted by molar-refractivity contribution is 9.10. The van der Waals surface area contributed by atoms with Gasteiger partial charge < -0.3 is 9.72 Å². The van der Waals surface area contributed by atoms with Crippen molar-refractivity contribution in [1.82, 2.24) is 9.97 Å². The van der Waals surface area contributed by atoms with Crippen LogP contribution in [-0.4, -0.2) is 22.8 Å². The lowest BCUT2D eigenvalue weighted by atomic mass is 10.1. The Balaban J connectivity index is 2.72. The molecule has 0 unspecified atom stereocenters. The van der Waals surface area contributed by atoms with Gasteiger partial charge in [-0.05, 0) is 24.5 Å². The third-order valence-electron chi connectivity index (χ3n) is 2.76. The summed E-state index contributed by atoms with van der Waals surface area (Å²) in [7, 11) is 0. The topological polar surface area (TPSA) is 78.8 Å². The van der Waals surface area contributed by atoms with Gasteiger partial charge in [0, 0.05) is 10.0 Å². The number of ether oxygens (including phenoxy) is 1. The maximum atomic E-state index is 12.0. The summed E-state index contributed by atoms with van der Waals surface area (Å²) in [6.45, 7) is 3.92. The molecule has 1 aromatic heterocycles. The summed E-state index contributed by atoms with van der Waals surface area (Å²) in [5.41, 5.74) is 0.371. The minimum Gasteiger partial charge on any atom is -0.489 e. The molecule has 2 aromatic rings. The SMILES string of the molecule is C=CCOc1ccc(Br)cc1-c1nc(SC)[nH]c(=O)c1C#N. The lowest BCUT2D eigenvalue weighted by Crippen LogP contribution is -2.15. The summed E-state index contributed by atoms with van der Waals surface area (Å²) in [4.78, 5) is 19.0. The molecule has 7 heteroatoms. The number of H-pyrrole nitrogens is 1. The first kappa shape index (κ1) is 16.3. The molecule has 0 aliphatic heterocycles. The van der Waals surface area contributed by atoms with Crippen LogP contribution in [0.1, 0.15) is 5.56 Å². The van der Waals surface area contributed by atoms with Crippen molar-refractivity contribution in [2.75, 3.05) is 12.9 Å². The van der Waals surface area contributed by atoms with Crippen molar-refractivity contribution < 1.29 is 4.74 Å². The molecular formula is C15H12BrN3O2S. The number of benzene rings is 1. The zero-order chi connectivity index (χ0) is 16.1. The highest BCUT2D eigenvalue weighted by Crippen LogP contribution is 2.33. The van der Waals surface area contributed by atoms with E-state index in [0.29, 0.717) is 28.8 Å². The predicted molar refractivity (Wildman–Crippen MR) is 90.2 cm³/mol. The van der Waals surface area contributed by atoms with Gasteiger partial charge in [0.25, 0.3) is 5.56 Å². The smallest absolute Gasteiger partial charge is 0.270 e. The van der Waals surface area contributed by atoms with Gasteiger partial charge in [-0.3, -0.25) is 4.79 Å². The summed E-state index contributed by atoms with van der Waals surface area (Å²) in [6.07, 6.45) is 3.42. The fourth-order valence-corrected chi connectivity index (χ4v) is 2.55. The van der Waals surface area contributed by atoms with Crippen LogP contribution in [0.5, 0.6) is 5.75 Å². The molecular weight excluding hydrogens is 366 g/mol. The van der Waals surface area contributed by atoms with Crippen LogP contribution in [-0.2, 0) is 0 Å². The molecule has 0 aliphatic rings. The summed E-state index contributed by atoms with van der Waals surface area (Å²) in [5, 5.41) is 9.71. The van der Waals surface area contributed by atoms with Crippen LogP contribution in [0.3, 0.4) is 0 Å². The van der Waals surface area contributed by atoms with E-state index < -0.39 is 5.56 Å². The van der Waals surface area contributed by atoms with E-state index in [1.165, 1.54) is 11.8 Å². The van der Waals surface area contributed by atoms with E-state index >= 15 is 0 Å². The molecule has 0 radical (unpaired) electrons. The van der Waals surface area contributed by atoms with Crippen LogP contribution in [0, 0.1) is 11.3 Å². The van der Waals surface area contributed by atoms with Gasteiger partial charge in [0.2, 0.25) is 0 Å². The Morgan fingerprint density at radius 2 is 2.36 bits per heavy atom. The number of nitrogens with one attached hydrogen (secondary N) is 1. The number of halogens is 1. The second-order valence-electron chi connectivity index (χ2n) is 4.15. The third-order valence-corrected chi connectivity index (χ3v) is 3.83. The highest BCUT2D eigenvalue weighted by atomic mass is 79.9. The molecule has 22 heavy (non-hydrogen) atoms. The average molecular weight is 378 g/mol. The first-order valence-corrected chi connectivity index (χ1v) is 8.24. The van der Waals surface area contributed by atoms with Crippen molar-refractivity contribution in [3.8, 4) is 23.1 Å². The zero-order valence-electron chi connectivity index (χ0n) is 11.7. The minimum atomic E-state index is -0.466. The number of hydrogen-bond donors (Lipinski definition) is 1. The Kier molecular flexibility index (Phi) is 5.41. The molecule has 1 aromatic carbocycles. The van der Waals surface area contributed by atoms with Crippen molar-refractivity contribution in [3.63, 3.8) is 0 Å². The fourth-order valence-electron chi connectivity index (χ4n) is 1.81. The maximum Gasteiger partial charge on any atom is 0.270 e. The number of nitrogens with zero attached hydrogens (tertiary/aromatic N) is 2. The van der Waals surface area contributed by atoms with E-state index in [9.17, 15) is 10.1 Å². The maximum absolute atomic E-state index is 12.0. The van der Waals surface area contributed by atoms with Crippen molar-refractivity contribution in [2.24, 2.45) is 0 Å². The van der Waals surface area contributed by atoms with E-state index in [1.54, 1.807) is 24.5 Å². The predicted octanol–water partition coefficient (Wildman–Crippen LogP) is 3.36. The molecule has 0 fully saturated rings. The number of hydrogen-bond acceptors (Lipinski definition) is 5. The summed E-state index contributed by atoms with van der Waals surface area (Å²) >= 11 is 4.68. The van der Waals surface area contributed by atoms with Crippen LogP contribution in [0.25, 0.3) is 11.3 Å². The van der Waals surface area contributed by atoms with Crippen LogP contribution in [0.15, 0.2) is 45.3 Å². The van der Waals surface area contributed by atoms with E-state index in [4.69, 9.17) is 4.74 Å². The first-order chi connectivity index (χ1) is 10.6. The molecule has 112 valence electrons. The standard InChI is InChI=1S/C15H12BrN3O2S/c1-3-6-21-12-5-4-9(16)7-10(12)13-11(8-17)14(20)19-15(18-13)22-2/h3-5,7H,1,6H2,2H3,(H,18,19,20). The number of thioether (sulfide) groups is 1. The fraction of sp³-hybridized carbons (Fsp3) is 0.133. The second kappa shape index (κ2) is 7.29. The van der Waals surface area contributed by atoms with Gasteiger partial charge >= 0.3 is 0 Å². The molecule has 1 N–H and O–H groups in total. The van der Waals surface area contributed by atoms with Gasteiger partial charge in [0.05, 0.1) is 0 Å². The average Bonchev–Trinajstić information content (AvgIpc) is 2.52. The minimum absolute atomic E-state index is 0.0423. The molecule has 0 spiro atoms. The molecule has 0 atom stereocenters. The lowest BCUT2D eigenvalue weighted by Gasteiger charge is -2.12. The number of aromatic amines is 1.